The highest BCUT2D eigenvalue weighted by molar-refractivity contribution is 6.34. The Morgan fingerprint density at radius 2 is 1.89 bits per heavy atom. The van der Waals surface area contributed by atoms with Crippen molar-refractivity contribution in [3.8, 4) is 11.5 Å². The zero-order valence-electron chi connectivity index (χ0n) is 9.97. The minimum atomic E-state index is -1.12. The third kappa shape index (κ3) is 3.37. The van der Waals surface area contributed by atoms with Gasteiger partial charge < -0.3 is 14.6 Å². The first-order valence-electron chi connectivity index (χ1n) is 5.11. The van der Waals surface area contributed by atoms with Crippen LogP contribution in [-0.4, -0.2) is 36.5 Å². The van der Waals surface area contributed by atoms with Crippen molar-refractivity contribution in [2.24, 2.45) is 0 Å². The first kappa shape index (κ1) is 14.3. The minimum Gasteiger partial charge on any atom is -0.493 e. The average Bonchev–Trinajstić information content (AvgIpc) is 2.36. The average molecular weight is 273 g/mol. The van der Waals surface area contributed by atoms with Gasteiger partial charge in [-0.3, -0.25) is 9.59 Å². The molecule has 5 nitrogen and oxygen atoms in total. The van der Waals surface area contributed by atoms with Crippen LogP contribution < -0.4 is 9.47 Å². The number of rotatable bonds is 6. The lowest BCUT2D eigenvalue weighted by Gasteiger charge is -2.10. The Labute approximate surface area is 109 Å². The van der Waals surface area contributed by atoms with E-state index in [0.29, 0.717) is 11.5 Å². The molecule has 0 amide bonds. The summed E-state index contributed by atoms with van der Waals surface area (Å²) in [5, 5.41) is 7.48. The van der Waals surface area contributed by atoms with E-state index in [9.17, 15) is 9.59 Å². The van der Waals surface area contributed by atoms with Crippen molar-refractivity contribution in [3.63, 3.8) is 0 Å². The molecule has 1 rings (SSSR count). The summed E-state index contributed by atoms with van der Waals surface area (Å²) in [5.41, 5.74) is 0.286. The molecule has 0 spiro atoms. The number of Topliss-reactive ketones (excluding diaryl/α,β-unsaturated/α-hetero) is 1. The predicted molar refractivity (Wildman–Crippen MR) is 65.8 cm³/mol. The highest BCUT2D eigenvalue weighted by Gasteiger charge is 2.21. The van der Waals surface area contributed by atoms with Gasteiger partial charge in [0.25, 0.3) is 0 Å². The number of ketones is 1. The maximum atomic E-state index is 11.9. The third-order valence-corrected chi connectivity index (χ3v) is 2.66. The number of carbonyl (C=O) groups excluding carboxylic acids is 1. The van der Waals surface area contributed by atoms with Gasteiger partial charge >= 0.3 is 5.97 Å². The van der Waals surface area contributed by atoms with Crippen LogP contribution in [0.5, 0.6) is 11.5 Å². The Hall–Kier alpha value is -1.75. The number of hydrogen-bond acceptors (Lipinski definition) is 4. The number of benzene rings is 1. The fraction of sp³-hybridized carbons (Fsp3) is 0.333. The maximum Gasteiger partial charge on any atom is 0.305 e. The molecular weight excluding hydrogens is 260 g/mol. The van der Waals surface area contributed by atoms with Crippen molar-refractivity contribution in [2.75, 3.05) is 14.2 Å². The molecule has 0 radical (unpaired) electrons. The van der Waals surface area contributed by atoms with Crippen molar-refractivity contribution in [3.05, 3.63) is 23.8 Å². The van der Waals surface area contributed by atoms with Crippen LogP contribution in [0.15, 0.2) is 18.2 Å². The Bertz CT molecular complexity index is 458. The number of halogens is 1. The largest absolute Gasteiger partial charge is 0.493 e. The van der Waals surface area contributed by atoms with Gasteiger partial charge in [-0.2, -0.15) is 0 Å². The number of hydrogen-bond donors (Lipinski definition) is 1. The zero-order valence-corrected chi connectivity index (χ0v) is 10.7. The van der Waals surface area contributed by atoms with E-state index in [2.05, 4.69) is 0 Å². The smallest absolute Gasteiger partial charge is 0.305 e. The second-order valence-electron chi connectivity index (χ2n) is 3.50. The van der Waals surface area contributed by atoms with Gasteiger partial charge in [-0.1, -0.05) is 0 Å². The van der Waals surface area contributed by atoms with E-state index in [1.165, 1.54) is 26.4 Å². The lowest BCUT2D eigenvalue weighted by molar-refractivity contribution is -0.136. The van der Waals surface area contributed by atoms with E-state index in [-0.39, 0.29) is 5.56 Å². The zero-order chi connectivity index (χ0) is 13.7. The number of ether oxygens (including phenoxy) is 2. The molecule has 0 aromatic heterocycles. The Morgan fingerprint density at radius 3 is 2.39 bits per heavy atom. The topological polar surface area (TPSA) is 72.8 Å². The standard InChI is InChI=1S/C12H13ClO5/c1-17-9-4-3-7(5-10(9)18-2)12(16)8(13)6-11(14)15/h3-5,8H,6H2,1-2H3,(H,14,15). The molecule has 1 aromatic rings. The second-order valence-corrected chi connectivity index (χ2v) is 4.03. The summed E-state index contributed by atoms with van der Waals surface area (Å²) in [5.74, 6) is -0.704. The van der Waals surface area contributed by atoms with Gasteiger partial charge in [0.1, 0.15) is 5.38 Å². The van der Waals surface area contributed by atoms with Crippen LogP contribution in [0.1, 0.15) is 16.8 Å². The molecule has 1 atom stereocenters. The molecule has 0 saturated carbocycles. The first-order chi connectivity index (χ1) is 8.49. The van der Waals surface area contributed by atoms with Crippen LogP contribution in [0.4, 0.5) is 0 Å². The lowest BCUT2D eigenvalue weighted by Crippen LogP contribution is -2.18. The van der Waals surface area contributed by atoms with Crippen molar-refractivity contribution in [2.45, 2.75) is 11.8 Å². The van der Waals surface area contributed by atoms with Crippen molar-refractivity contribution >= 4 is 23.4 Å². The van der Waals surface area contributed by atoms with Crippen LogP contribution in [-0.2, 0) is 4.79 Å². The van der Waals surface area contributed by atoms with E-state index >= 15 is 0 Å². The quantitative estimate of drug-likeness (QED) is 0.633. The molecular formula is C12H13ClO5. The predicted octanol–water partition coefficient (Wildman–Crippen LogP) is 1.97. The van der Waals surface area contributed by atoms with E-state index in [0.717, 1.165) is 0 Å². The summed E-state index contributed by atoms with van der Waals surface area (Å²) < 4.78 is 10.1. The van der Waals surface area contributed by atoms with Gasteiger partial charge in [-0.05, 0) is 18.2 Å². The number of aliphatic carboxylic acids is 1. The normalized spacial score (nSPS) is 11.7. The van der Waals surface area contributed by atoms with E-state index in [4.69, 9.17) is 26.2 Å². The van der Waals surface area contributed by atoms with Crippen LogP contribution in [0.25, 0.3) is 0 Å². The highest BCUT2D eigenvalue weighted by atomic mass is 35.5. The van der Waals surface area contributed by atoms with Crippen molar-refractivity contribution in [1.82, 2.24) is 0 Å². The molecule has 0 aliphatic carbocycles. The summed E-state index contributed by atoms with van der Waals surface area (Å²) >= 11 is 5.73. The molecule has 0 bridgehead atoms. The highest BCUT2D eigenvalue weighted by Crippen LogP contribution is 2.28. The summed E-state index contributed by atoms with van der Waals surface area (Å²) in [6.45, 7) is 0. The van der Waals surface area contributed by atoms with Crippen molar-refractivity contribution in [1.29, 1.82) is 0 Å². The first-order valence-corrected chi connectivity index (χ1v) is 5.55. The molecule has 0 aliphatic rings. The number of carboxylic acid groups (broad SMARTS) is 1. The molecule has 0 heterocycles. The van der Waals surface area contributed by atoms with Gasteiger partial charge in [-0.15, -0.1) is 11.6 Å². The molecule has 1 unspecified atom stereocenters. The molecule has 0 saturated heterocycles. The summed E-state index contributed by atoms with van der Waals surface area (Å²) in [7, 11) is 2.93. The number of carboxylic acids is 1. The Morgan fingerprint density at radius 1 is 1.28 bits per heavy atom. The van der Waals surface area contributed by atoms with Crippen LogP contribution in [0.2, 0.25) is 0 Å². The third-order valence-electron chi connectivity index (χ3n) is 2.31. The Kier molecular flexibility index (Phi) is 4.97. The fourth-order valence-corrected chi connectivity index (χ4v) is 1.67. The SMILES string of the molecule is COc1ccc(C(=O)C(Cl)CC(=O)O)cc1OC. The fourth-order valence-electron chi connectivity index (χ4n) is 1.42. The number of methoxy groups -OCH3 is 2. The number of alkyl halides is 1. The molecule has 1 N–H and O–H groups in total. The van der Waals surface area contributed by atoms with Gasteiger partial charge in [0.05, 0.1) is 20.6 Å². The van der Waals surface area contributed by atoms with Crippen molar-refractivity contribution < 1.29 is 24.2 Å². The molecule has 6 heteroatoms. The van der Waals surface area contributed by atoms with Crippen LogP contribution >= 0.6 is 11.6 Å². The van der Waals surface area contributed by atoms with Gasteiger partial charge in [-0.25, -0.2) is 0 Å². The van der Waals surface area contributed by atoms with Gasteiger partial charge in [0.15, 0.2) is 17.3 Å². The summed E-state index contributed by atoms with van der Waals surface area (Å²) in [4.78, 5) is 22.3. The van der Waals surface area contributed by atoms with E-state index in [1.807, 2.05) is 0 Å². The summed E-state index contributed by atoms with van der Waals surface area (Å²) in [6.07, 6.45) is -0.422. The minimum absolute atomic E-state index is 0.286. The van der Waals surface area contributed by atoms with Gasteiger partial charge in [0.2, 0.25) is 0 Å². The molecule has 0 aliphatic heterocycles. The molecule has 1 aromatic carbocycles. The van der Waals surface area contributed by atoms with Crippen LogP contribution in [0.3, 0.4) is 0 Å². The lowest BCUT2D eigenvalue weighted by atomic mass is 10.1. The summed E-state index contributed by atoms with van der Waals surface area (Å²) in [6, 6.07) is 4.55. The van der Waals surface area contributed by atoms with E-state index < -0.39 is 23.6 Å². The maximum absolute atomic E-state index is 11.9. The molecule has 98 valence electrons. The molecule has 18 heavy (non-hydrogen) atoms. The Balaban J connectivity index is 2.96. The van der Waals surface area contributed by atoms with E-state index in [1.54, 1.807) is 6.07 Å². The van der Waals surface area contributed by atoms with Crippen LogP contribution in [0, 0.1) is 0 Å². The monoisotopic (exact) mass is 272 g/mol. The second kappa shape index (κ2) is 6.26. The molecule has 0 fully saturated rings. The van der Waals surface area contributed by atoms with Gasteiger partial charge in [0, 0.05) is 5.56 Å². The number of carbonyl (C=O) groups is 2.